The summed E-state index contributed by atoms with van der Waals surface area (Å²) in [5.41, 5.74) is 17.1. The first-order valence-electron chi connectivity index (χ1n) is 15.9. The summed E-state index contributed by atoms with van der Waals surface area (Å²) in [6.45, 7) is 0. The summed E-state index contributed by atoms with van der Waals surface area (Å²) in [5, 5.41) is 0. The van der Waals surface area contributed by atoms with Crippen molar-refractivity contribution in [2.75, 3.05) is 0 Å². The van der Waals surface area contributed by atoms with Crippen LogP contribution in [0.3, 0.4) is 0 Å². The molecule has 0 aromatic heterocycles. The highest BCUT2D eigenvalue weighted by Crippen LogP contribution is 2.24. The fraction of sp³-hybridized carbons (Fsp3) is 0.238. The molecule has 0 amide bonds. The van der Waals surface area contributed by atoms with E-state index in [-0.39, 0.29) is 0 Å². The van der Waals surface area contributed by atoms with Crippen molar-refractivity contribution in [3.05, 3.63) is 176 Å². The molecule has 0 atom stereocenters. The van der Waals surface area contributed by atoms with Crippen LogP contribution in [0.5, 0.6) is 0 Å². The van der Waals surface area contributed by atoms with Gasteiger partial charge in [0.15, 0.2) is 0 Å². The Morgan fingerprint density at radius 1 is 0.262 bits per heavy atom. The van der Waals surface area contributed by atoms with Gasteiger partial charge >= 0.3 is 0 Å². The molecule has 0 spiro atoms. The Kier molecular flexibility index (Phi) is 7.87. The van der Waals surface area contributed by atoms with Gasteiger partial charge in [-0.15, -0.1) is 0 Å². The van der Waals surface area contributed by atoms with Crippen LogP contribution in [0, 0.1) is 0 Å². The lowest BCUT2D eigenvalue weighted by Gasteiger charge is -2.14. The monoisotopic (exact) mass is 544 g/mol. The van der Waals surface area contributed by atoms with E-state index in [1.807, 2.05) is 0 Å². The largest absolute Gasteiger partial charge is 0.0588 e. The Balaban J connectivity index is 1.20. The lowest BCUT2D eigenvalue weighted by atomic mass is 9.91. The minimum Gasteiger partial charge on any atom is -0.0588 e. The maximum Gasteiger partial charge on any atom is -0.0221 e. The maximum atomic E-state index is 2.45. The smallest absolute Gasteiger partial charge is 0.0221 e. The van der Waals surface area contributed by atoms with Crippen LogP contribution in [0.2, 0.25) is 0 Å². The highest BCUT2D eigenvalue weighted by atomic mass is 14.1. The van der Waals surface area contributed by atoms with E-state index in [4.69, 9.17) is 0 Å². The zero-order chi connectivity index (χ0) is 28.1. The van der Waals surface area contributed by atoms with Crippen LogP contribution in [0.15, 0.2) is 109 Å². The summed E-state index contributed by atoms with van der Waals surface area (Å²) in [6, 6.07) is 42.3. The summed E-state index contributed by atoms with van der Waals surface area (Å²) in [4.78, 5) is 0. The summed E-state index contributed by atoms with van der Waals surface area (Å²) < 4.78 is 0. The van der Waals surface area contributed by atoms with Gasteiger partial charge in [0, 0.05) is 0 Å². The molecule has 10 bridgehead atoms. The summed E-state index contributed by atoms with van der Waals surface area (Å²) in [6.07, 6.45) is 15.6. The molecule has 0 saturated carbocycles. The van der Waals surface area contributed by atoms with Crippen LogP contribution in [0.1, 0.15) is 66.8 Å². The fourth-order valence-corrected chi connectivity index (χ4v) is 6.59. The first-order valence-corrected chi connectivity index (χ1v) is 15.9. The first-order chi connectivity index (χ1) is 20.7. The number of hydrogen-bond acceptors (Lipinski definition) is 0. The van der Waals surface area contributed by atoms with Crippen molar-refractivity contribution in [1.82, 2.24) is 0 Å². The maximum absolute atomic E-state index is 2.45. The minimum absolute atomic E-state index is 1.06. The number of hydrogen-bond donors (Lipinski definition) is 0. The van der Waals surface area contributed by atoms with Gasteiger partial charge in [0.25, 0.3) is 0 Å². The van der Waals surface area contributed by atoms with Gasteiger partial charge in [0.05, 0.1) is 0 Å². The molecule has 0 fully saturated rings. The Hall–Kier alpha value is -4.16. The van der Waals surface area contributed by atoms with Crippen molar-refractivity contribution >= 4 is 12.2 Å². The van der Waals surface area contributed by atoms with Crippen LogP contribution < -0.4 is 0 Å². The average molecular weight is 545 g/mol. The molecule has 5 aromatic carbocycles. The molecule has 5 aromatic rings. The predicted molar refractivity (Wildman–Crippen MR) is 178 cm³/mol. The van der Waals surface area contributed by atoms with E-state index in [9.17, 15) is 0 Å². The van der Waals surface area contributed by atoms with Crippen molar-refractivity contribution in [2.45, 2.75) is 64.2 Å². The molecular formula is C42H40. The van der Waals surface area contributed by atoms with E-state index in [0.29, 0.717) is 0 Å². The Bertz CT molecular complexity index is 1680. The zero-order valence-electron chi connectivity index (χ0n) is 24.6. The van der Waals surface area contributed by atoms with Crippen LogP contribution in [0.4, 0.5) is 0 Å². The zero-order valence-corrected chi connectivity index (χ0v) is 24.6. The standard InChI is InChI=1S/C42H40/c1-2-32-7-11-35(12-8-32)19-23-39-25-21-37(17-15-33-5-3-31(1)4-6-33)29-41(39)27-28-42-30-38-18-16-34-9-13-36(14-10-34)20-24-40(42)26-22-38/h3-14,21-22,25-30H,1-2,15-20,23-24H2/b28-27-. The van der Waals surface area contributed by atoms with Gasteiger partial charge in [-0.1, -0.05) is 121 Å². The third kappa shape index (κ3) is 6.50. The second kappa shape index (κ2) is 12.4. The quantitative estimate of drug-likeness (QED) is 0.194. The molecule has 10 aliphatic carbocycles. The molecule has 208 valence electrons. The molecule has 0 aliphatic heterocycles. The predicted octanol–water partition coefficient (Wildman–Crippen LogP) is 9.41. The molecule has 10 aliphatic rings. The normalized spacial score (nSPS) is 15.0. The average Bonchev–Trinajstić information content (AvgIpc) is 3.03. The number of aryl methyl sites for hydroxylation is 10. The van der Waals surface area contributed by atoms with Gasteiger partial charge in [-0.2, -0.15) is 0 Å². The third-order valence-corrected chi connectivity index (χ3v) is 9.41. The summed E-state index contributed by atoms with van der Waals surface area (Å²) >= 11 is 0. The molecule has 0 unspecified atom stereocenters. The van der Waals surface area contributed by atoms with Crippen LogP contribution in [-0.2, 0) is 64.2 Å². The van der Waals surface area contributed by atoms with E-state index in [1.54, 1.807) is 0 Å². The van der Waals surface area contributed by atoms with Crippen LogP contribution >= 0.6 is 0 Å². The Labute approximate surface area is 251 Å². The topological polar surface area (TPSA) is 0 Å². The molecule has 15 rings (SSSR count). The van der Waals surface area contributed by atoms with Crippen LogP contribution in [0.25, 0.3) is 12.2 Å². The van der Waals surface area contributed by atoms with E-state index in [2.05, 4.69) is 121 Å². The van der Waals surface area contributed by atoms with Gasteiger partial charge in [-0.25, -0.2) is 0 Å². The molecule has 0 heteroatoms. The van der Waals surface area contributed by atoms with E-state index < -0.39 is 0 Å². The van der Waals surface area contributed by atoms with E-state index >= 15 is 0 Å². The molecular weight excluding hydrogens is 504 g/mol. The first kappa shape index (κ1) is 26.7. The van der Waals surface area contributed by atoms with Gasteiger partial charge in [-0.3, -0.25) is 0 Å². The highest BCUT2D eigenvalue weighted by molar-refractivity contribution is 5.73. The lowest BCUT2D eigenvalue weighted by molar-refractivity contribution is 0.919. The molecule has 0 radical (unpaired) electrons. The molecule has 0 nitrogen and oxygen atoms in total. The third-order valence-electron chi connectivity index (χ3n) is 9.41. The minimum atomic E-state index is 1.06. The molecule has 0 saturated heterocycles. The van der Waals surface area contributed by atoms with Crippen molar-refractivity contribution in [3.8, 4) is 0 Å². The molecule has 42 heavy (non-hydrogen) atoms. The van der Waals surface area contributed by atoms with E-state index in [1.165, 1.54) is 66.8 Å². The van der Waals surface area contributed by atoms with Crippen molar-refractivity contribution in [3.63, 3.8) is 0 Å². The summed E-state index contributed by atoms with van der Waals surface area (Å²) in [7, 11) is 0. The second-order valence-corrected chi connectivity index (χ2v) is 12.3. The van der Waals surface area contributed by atoms with Crippen molar-refractivity contribution in [1.29, 1.82) is 0 Å². The van der Waals surface area contributed by atoms with Crippen molar-refractivity contribution < 1.29 is 0 Å². The highest BCUT2D eigenvalue weighted by Gasteiger charge is 2.09. The second-order valence-electron chi connectivity index (χ2n) is 12.3. The summed E-state index contributed by atoms with van der Waals surface area (Å²) in [5.74, 6) is 0. The Morgan fingerprint density at radius 2 is 0.500 bits per heavy atom. The Morgan fingerprint density at radius 3 is 0.810 bits per heavy atom. The molecule has 0 heterocycles. The van der Waals surface area contributed by atoms with Crippen LogP contribution in [-0.4, -0.2) is 0 Å². The van der Waals surface area contributed by atoms with Gasteiger partial charge in [-0.05, 0) is 131 Å². The SMILES string of the molecule is C(=C/c1cc2ccc1CCc1ccc(cc1)CC2)/c1cc2ccc1CCc1ccc(cc1)CCc1ccc(cc1)CC2. The van der Waals surface area contributed by atoms with Gasteiger partial charge in [0.2, 0.25) is 0 Å². The van der Waals surface area contributed by atoms with Crippen molar-refractivity contribution in [2.24, 2.45) is 0 Å². The van der Waals surface area contributed by atoms with Gasteiger partial charge in [0.1, 0.15) is 0 Å². The lowest BCUT2D eigenvalue weighted by Crippen LogP contribution is -2.00. The number of benzene rings is 5. The fourth-order valence-electron chi connectivity index (χ4n) is 6.59. The number of rotatable bonds is 2. The molecule has 0 N–H and O–H groups in total. The van der Waals surface area contributed by atoms with Gasteiger partial charge < -0.3 is 0 Å². The van der Waals surface area contributed by atoms with E-state index in [0.717, 1.165) is 64.2 Å².